The minimum absolute atomic E-state index is 0.0443. The van der Waals surface area contributed by atoms with Crippen LogP contribution in [0.3, 0.4) is 0 Å². The highest BCUT2D eigenvalue weighted by Gasteiger charge is 2.29. The fourth-order valence-corrected chi connectivity index (χ4v) is 7.70. The summed E-state index contributed by atoms with van der Waals surface area (Å²) in [6.07, 6.45) is 3.56. The molecule has 0 N–H and O–H groups in total. The van der Waals surface area contributed by atoms with Gasteiger partial charge in [0.2, 0.25) is 5.82 Å². The average molecular weight is 827 g/mol. The van der Waals surface area contributed by atoms with E-state index in [0.29, 0.717) is 19.0 Å². The van der Waals surface area contributed by atoms with Crippen LogP contribution >= 0.6 is 0 Å². The number of aryl methyl sites for hydroxylation is 2. The van der Waals surface area contributed by atoms with E-state index in [9.17, 15) is 0 Å². The molecule has 0 spiro atoms. The molecule has 4 aromatic carbocycles. The van der Waals surface area contributed by atoms with Gasteiger partial charge in [-0.05, 0) is 97.3 Å². The van der Waals surface area contributed by atoms with Crippen molar-refractivity contribution in [2.45, 2.75) is 66.6 Å². The summed E-state index contributed by atoms with van der Waals surface area (Å²) in [6, 6.07) is 45.4. The molecule has 0 saturated carbocycles. The van der Waals surface area contributed by atoms with E-state index in [4.69, 9.17) is 9.47 Å². The first-order valence-corrected chi connectivity index (χ1v) is 20.7. The van der Waals surface area contributed by atoms with E-state index in [1.54, 1.807) is 24.1 Å². The summed E-state index contributed by atoms with van der Waals surface area (Å²) in [5.74, 6) is 3.55. The maximum absolute atomic E-state index is 5.90. The van der Waals surface area contributed by atoms with Crippen LogP contribution < -0.4 is 9.47 Å². The Balaban J connectivity index is 0.000000186. The Morgan fingerprint density at radius 3 is 1.29 bits per heavy atom. The van der Waals surface area contributed by atoms with Crippen LogP contribution in [0.15, 0.2) is 146 Å². The van der Waals surface area contributed by atoms with E-state index < -0.39 is 0 Å². The van der Waals surface area contributed by atoms with Gasteiger partial charge in [0.25, 0.3) is 0 Å². The lowest BCUT2D eigenvalue weighted by atomic mass is 9.72. The lowest BCUT2D eigenvalue weighted by Gasteiger charge is -2.32. The predicted molar refractivity (Wildman–Crippen MR) is 241 cm³/mol. The van der Waals surface area contributed by atoms with Crippen LogP contribution in [0.1, 0.15) is 87.0 Å². The summed E-state index contributed by atoms with van der Waals surface area (Å²) < 4.78 is 13.5. The summed E-state index contributed by atoms with van der Waals surface area (Å²) in [5.41, 5.74) is 8.90. The van der Waals surface area contributed by atoms with E-state index in [1.165, 1.54) is 27.1 Å². The van der Waals surface area contributed by atoms with Crippen LogP contribution in [0, 0.1) is 10.8 Å². The number of tetrazole rings is 2. The van der Waals surface area contributed by atoms with Gasteiger partial charge in [0.05, 0.1) is 18.4 Å². The van der Waals surface area contributed by atoms with Crippen molar-refractivity contribution in [1.82, 2.24) is 50.4 Å². The van der Waals surface area contributed by atoms with Gasteiger partial charge in [-0.1, -0.05) is 126 Å². The van der Waals surface area contributed by atoms with Crippen LogP contribution in [0.2, 0.25) is 0 Å². The summed E-state index contributed by atoms with van der Waals surface area (Å²) in [6.45, 7) is 14.5. The van der Waals surface area contributed by atoms with Crippen molar-refractivity contribution in [2.75, 3.05) is 0 Å². The third-order valence-corrected chi connectivity index (χ3v) is 10.5. The first-order valence-electron chi connectivity index (χ1n) is 20.7. The largest absolute Gasteiger partial charge is 0.487 e. The lowest BCUT2D eigenvalue weighted by molar-refractivity contribution is 0.300. The average Bonchev–Trinajstić information content (AvgIpc) is 3.91. The fraction of sp³-hybridized carbons (Fsp3) is 0.280. The van der Waals surface area contributed by atoms with Gasteiger partial charge in [0, 0.05) is 42.4 Å². The molecule has 62 heavy (non-hydrogen) atoms. The van der Waals surface area contributed by atoms with Gasteiger partial charge in [-0.3, -0.25) is 9.97 Å². The summed E-state index contributed by atoms with van der Waals surface area (Å²) >= 11 is 0. The van der Waals surface area contributed by atoms with Crippen molar-refractivity contribution in [1.29, 1.82) is 0 Å². The predicted octanol–water partition coefficient (Wildman–Crippen LogP) is 10.1. The number of hydrogen-bond donors (Lipinski definition) is 0. The summed E-state index contributed by atoms with van der Waals surface area (Å²) in [4.78, 5) is 10.1. The molecule has 0 saturated heterocycles. The van der Waals surface area contributed by atoms with Crippen LogP contribution in [0.25, 0.3) is 22.8 Å². The van der Waals surface area contributed by atoms with Crippen molar-refractivity contribution in [2.24, 2.45) is 24.9 Å². The Hall–Kier alpha value is -7.08. The molecule has 8 rings (SSSR count). The Kier molecular flexibility index (Phi) is 13.3. The first kappa shape index (κ1) is 43.0. The molecule has 2 atom stereocenters. The molecule has 0 radical (unpaired) electrons. The topological polar surface area (TPSA) is 131 Å². The van der Waals surface area contributed by atoms with E-state index in [-0.39, 0.29) is 22.7 Å². The van der Waals surface area contributed by atoms with Crippen LogP contribution in [-0.2, 0) is 27.3 Å². The molecule has 0 aliphatic heterocycles. The zero-order valence-electron chi connectivity index (χ0n) is 36.7. The highest BCUT2D eigenvalue weighted by atomic mass is 16.5. The number of hydrogen-bond acceptors (Lipinski definition) is 10. The standard InChI is InChI=1S/2C25H27N5O/c1-25(2,3)23(18-8-10-20(11-9-18)24-27-28-29-30(24)4)19-12-14-22(15-13-19)31-17-21-7-5-6-16-26-21;1-25(2,3)23(18-8-10-20(11-9-18)24-27-29-30(4)28-24)19-12-14-22(15-13-19)31-17-21-7-5-6-16-26-21/h2*5-16,23H,17H2,1-4H3. The zero-order chi connectivity index (χ0) is 43.7. The second-order valence-corrected chi connectivity index (χ2v) is 17.4. The second kappa shape index (κ2) is 19.1. The maximum atomic E-state index is 5.90. The van der Waals surface area contributed by atoms with Crippen molar-refractivity contribution in [3.63, 3.8) is 0 Å². The SMILES string of the molecule is Cn1nnc(-c2ccc(C(c3ccc(OCc4ccccn4)cc3)C(C)(C)C)cc2)n1.Cn1nnnc1-c1ccc(C(c2ccc(OCc3ccccn3)cc2)C(C)(C)C)cc1. The first-order chi connectivity index (χ1) is 29.8. The number of nitrogens with zero attached hydrogens (tertiary/aromatic N) is 10. The van der Waals surface area contributed by atoms with E-state index in [1.807, 2.05) is 67.7 Å². The molecule has 4 aromatic heterocycles. The summed E-state index contributed by atoms with van der Waals surface area (Å²) in [5, 5.41) is 24.1. The van der Waals surface area contributed by atoms with Crippen LogP contribution in [-0.4, -0.2) is 50.4 Å². The fourth-order valence-electron chi connectivity index (χ4n) is 7.70. The molecule has 8 aromatic rings. The number of ether oxygens (including phenoxy) is 2. The Labute approximate surface area is 364 Å². The van der Waals surface area contributed by atoms with E-state index in [2.05, 4.69) is 155 Å². The molecule has 316 valence electrons. The Morgan fingerprint density at radius 1 is 0.500 bits per heavy atom. The highest BCUT2D eigenvalue weighted by molar-refractivity contribution is 5.56. The molecule has 0 bridgehead atoms. The molecule has 0 amide bonds. The van der Waals surface area contributed by atoms with Gasteiger partial charge < -0.3 is 9.47 Å². The molecule has 2 unspecified atom stereocenters. The number of benzene rings is 4. The number of aromatic nitrogens is 10. The van der Waals surface area contributed by atoms with Gasteiger partial charge in [0.1, 0.15) is 24.7 Å². The zero-order valence-corrected chi connectivity index (χ0v) is 36.7. The molecule has 0 aliphatic carbocycles. The Morgan fingerprint density at radius 2 is 0.935 bits per heavy atom. The number of pyridine rings is 2. The van der Waals surface area contributed by atoms with Crippen molar-refractivity contribution in [3.05, 3.63) is 179 Å². The number of rotatable bonds is 12. The van der Waals surface area contributed by atoms with Crippen molar-refractivity contribution < 1.29 is 9.47 Å². The normalized spacial score (nSPS) is 12.5. The lowest BCUT2D eigenvalue weighted by Crippen LogP contribution is -2.19. The smallest absolute Gasteiger partial charge is 0.204 e. The van der Waals surface area contributed by atoms with E-state index in [0.717, 1.165) is 39.8 Å². The molecule has 0 fully saturated rings. The quantitative estimate of drug-likeness (QED) is 0.117. The van der Waals surface area contributed by atoms with Gasteiger partial charge in [-0.2, -0.15) is 4.80 Å². The molecule has 12 nitrogen and oxygen atoms in total. The van der Waals surface area contributed by atoms with Gasteiger partial charge in [-0.15, -0.1) is 15.3 Å². The molecular formula is C50H54N10O2. The minimum atomic E-state index is 0.0443. The molecule has 4 heterocycles. The van der Waals surface area contributed by atoms with Gasteiger partial charge in [-0.25, -0.2) is 4.68 Å². The molecule has 12 heteroatoms. The van der Waals surface area contributed by atoms with Gasteiger partial charge >= 0.3 is 0 Å². The minimum Gasteiger partial charge on any atom is -0.487 e. The van der Waals surface area contributed by atoms with E-state index >= 15 is 0 Å². The molecule has 0 aliphatic rings. The third kappa shape index (κ3) is 11.0. The monoisotopic (exact) mass is 826 g/mol. The Bertz CT molecular complexity index is 2600. The van der Waals surface area contributed by atoms with Crippen LogP contribution in [0.5, 0.6) is 11.5 Å². The highest BCUT2D eigenvalue weighted by Crippen LogP contribution is 2.42. The summed E-state index contributed by atoms with van der Waals surface area (Å²) in [7, 11) is 3.61. The second-order valence-electron chi connectivity index (χ2n) is 17.4. The molecular weight excluding hydrogens is 773 g/mol. The van der Waals surface area contributed by atoms with Gasteiger partial charge in [0.15, 0.2) is 5.82 Å². The third-order valence-electron chi connectivity index (χ3n) is 10.5. The van der Waals surface area contributed by atoms with Crippen molar-refractivity contribution >= 4 is 0 Å². The van der Waals surface area contributed by atoms with Crippen molar-refractivity contribution in [3.8, 4) is 34.3 Å². The van der Waals surface area contributed by atoms with Crippen LogP contribution in [0.4, 0.5) is 0 Å². The maximum Gasteiger partial charge on any atom is 0.204 e.